The Labute approximate surface area is 105 Å². The molecule has 0 atom stereocenters. The minimum absolute atomic E-state index is 0.149. The van der Waals surface area contributed by atoms with Gasteiger partial charge in [-0.25, -0.2) is 0 Å². The summed E-state index contributed by atoms with van der Waals surface area (Å²) in [6.45, 7) is 3.92. The third kappa shape index (κ3) is 2.49. The van der Waals surface area contributed by atoms with Crippen molar-refractivity contribution in [2.45, 2.75) is 45.4 Å². The maximum absolute atomic E-state index is 11.0. The number of hydrogen-bond donors (Lipinski definition) is 2. The number of hydrogen-bond acceptors (Lipinski definition) is 5. The molecule has 1 aromatic heterocycles. The van der Waals surface area contributed by atoms with E-state index < -0.39 is 0 Å². The summed E-state index contributed by atoms with van der Waals surface area (Å²) in [5.41, 5.74) is 2.05. The number of nitro groups is 1. The van der Waals surface area contributed by atoms with Crippen molar-refractivity contribution >= 4 is 5.69 Å². The molecule has 0 unspecified atom stereocenters. The zero-order valence-electron chi connectivity index (χ0n) is 10.5. The van der Waals surface area contributed by atoms with Crippen LogP contribution in [0.5, 0.6) is 0 Å². The van der Waals surface area contributed by atoms with Gasteiger partial charge in [-0.05, 0) is 26.7 Å². The molecule has 1 fully saturated rings. The lowest BCUT2D eigenvalue weighted by molar-refractivity contribution is -0.386. The third-order valence-electron chi connectivity index (χ3n) is 3.43. The quantitative estimate of drug-likeness (QED) is 0.620. The Bertz CT molecular complexity index is 470. The molecule has 1 aliphatic carbocycles. The molecule has 1 aliphatic rings. The first-order valence-electron chi connectivity index (χ1n) is 6.00. The van der Waals surface area contributed by atoms with E-state index in [1.165, 1.54) is 6.20 Å². The molecule has 1 aromatic rings. The van der Waals surface area contributed by atoms with Crippen LogP contribution in [0.4, 0.5) is 5.69 Å². The van der Waals surface area contributed by atoms with Crippen LogP contribution < -0.4 is 5.32 Å². The van der Waals surface area contributed by atoms with Crippen LogP contribution in [0.25, 0.3) is 0 Å². The minimum Gasteiger partial charge on any atom is -0.393 e. The number of nitrogens with zero attached hydrogens (tertiary/aromatic N) is 2. The second-order valence-electron chi connectivity index (χ2n) is 4.82. The van der Waals surface area contributed by atoms with Crippen molar-refractivity contribution in [1.29, 1.82) is 0 Å². The lowest BCUT2D eigenvalue weighted by atomic mass is 9.89. The number of aliphatic hydroxyl groups is 1. The van der Waals surface area contributed by atoms with Gasteiger partial charge in [0.05, 0.1) is 16.7 Å². The number of aliphatic hydroxyl groups excluding tert-OH is 1. The molecule has 98 valence electrons. The van der Waals surface area contributed by atoms with Gasteiger partial charge in [-0.1, -0.05) is 0 Å². The molecule has 0 bridgehead atoms. The molecule has 0 aromatic carbocycles. The highest BCUT2D eigenvalue weighted by Crippen LogP contribution is 2.25. The Hall–Kier alpha value is -1.53. The Morgan fingerprint density at radius 2 is 2.22 bits per heavy atom. The molecule has 1 saturated carbocycles. The topological polar surface area (TPSA) is 88.3 Å². The summed E-state index contributed by atoms with van der Waals surface area (Å²) >= 11 is 0. The smallest absolute Gasteiger partial charge is 0.278 e. The molecule has 6 nitrogen and oxygen atoms in total. The number of aromatic nitrogens is 1. The van der Waals surface area contributed by atoms with E-state index >= 15 is 0 Å². The average molecular weight is 251 g/mol. The second-order valence-corrected chi connectivity index (χ2v) is 4.82. The van der Waals surface area contributed by atoms with Crippen LogP contribution in [-0.4, -0.2) is 27.2 Å². The monoisotopic (exact) mass is 251 g/mol. The van der Waals surface area contributed by atoms with Crippen LogP contribution in [0.3, 0.4) is 0 Å². The van der Waals surface area contributed by atoms with Crippen LogP contribution in [-0.2, 0) is 6.54 Å². The van der Waals surface area contributed by atoms with Crippen LogP contribution >= 0.6 is 0 Å². The SMILES string of the molecule is Cc1cnc(CNC2CC(O)C2)c(C)c1[N+](=O)[O-]. The van der Waals surface area contributed by atoms with Crippen molar-refractivity contribution in [1.82, 2.24) is 10.3 Å². The summed E-state index contributed by atoms with van der Waals surface area (Å²) in [5, 5.41) is 23.4. The van der Waals surface area contributed by atoms with Gasteiger partial charge < -0.3 is 10.4 Å². The standard InChI is InChI=1S/C12H17N3O3/c1-7-5-14-11(8(2)12(7)15(17)18)6-13-9-3-10(16)4-9/h5,9-10,13,16H,3-4,6H2,1-2H3. The molecular formula is C12H17N3O3. The summed E-state index contributed by atoms with van der Waals surface area (Å²) < 4.78 is 0. The van der Waals surface area contributed by atoms with Crippen molar-refractivity contribution in [2.75, 3.05) is 0 Å². The first-order chi connectivity index (χ1) is 8.49. The van der Waals surface area contributed by atoms with Gasteiger partial charge in [0.25, 0.3) is 5.69 Å². The molecule has 0 amide bonds. The summed E-state index contributed by atoms with van der Waals surface area (Å²) in [4.78, 5) is 14.9. The molecule has 2 rings (SSSR count). The highest BCUT2D eigenvalue weighted by atomic mass is 16.6. The van der Waals surface area contributed by atoms with Crippen molar-refractivity contribution < 1.29 is 10.0 Å². The van der Waals surface area contributed by atoms with Crippen molar-refractivity contribution in [2.24, 2.45) is 0 Å². The molecule has 0 aliphatic heterocycles. The Morgan fingerprint density at radius 3 is 2.78 bits per heavy atom. The zero-order chi connectivity index (χ0) is 13.3. The second kappa shape index (κ2) is 4.99. The van der Waals surface area contributed by atoms with Gasteiger partial charge in [-0.2, -0.15) is 0 Å². The van der Waals surface area contributed by atoms with Gasteiger partial charge in [0.1, 0.15) is 0 Å². The van der Waals surface area contributed by atoms with Crippen molar-refractivity contribution in [3.63, 3.8) is 0 Å². The van der Waals surface area contributed by atoms with Crippen LogP contribution in [0.2, 0.25) is 0 Å². The highest BCUT2D eigenvalue weighted by molar-refractivity contribution is 5.47. The predicted molar refractivity (Wildman–Crippen MR) is 66.2 cm³/mol. The molecule has 0 radical (unpaired) electrons. The fourth-order valence-electron chi connectivity index (χ4n) is 2.22. The van der Waals surface area contributed by atoms with E-state index in [4.69, 9.17) is 0 Å². The maximum atomic E-state index is 11.0. The molecule has 2 N–H and O–H groups in total. The number of aryl methyl sites for hydroxylation is 1. The minimum atomic E-state index is -0.358. The Balaban J connectivity index is 2.09. The molecular weight excluding hydrogens is 234 g/mol. The van der Waals surface area contributed by atoms with E-state index in [0.717, 1.165) is 12.8 Å². The van der Waals surface area contributed by atoms with Gasteiger partial charge >= 0.3 is 0 Å². The lowest BCUT2D eigenvalue weighted by Gasteiger charge is -2.32. The van der Waals surface area contributed by atoms with Gasteiger partial charge in [0.2, 0.25) is 0 Å². The Kier molecular flexibility index (Phi) is 3.58. The third-order valence-corrected chi connectivity index (χ3v) is 3.43. The van der Waals surface area contributed by atoms with Gasteiger partial charge in [-0.15, -0.1) is 0 Å². The number of nitrogens with one attached hydrogen (secondary N) is 1. The van der Waals surface area contributed by atoms with Gasteiger partial charge in [0.15, 0.2) is 0 Å². The highest BCUT2D eigenvalue weighted by Gasteiger charge is 2.27. The van der Waals surface area contributed by atoms with E-state index in [-0.39, 0.29) is 16.7 Å². The molecule has 6 heteroatoms. The normalized spacial score (nSPS) is 22.6. The van der Waals surface area contributed by atoms with E-state index in [1.54, 1.807) is 13.8 Å². The summed E-state index contributed by atoms with van der Waals surface area (Å²) in [7, 11) is 0. The fraction of sp³-hybridized carbons (Fsp3) is 0.583. The first kappa shape index (κ1) is 12.9. The van der Waals surface area contributed by atoms with Crippen molar-refractivity contribution in [3.8, 4) is 0 Å². The summed E-state index contributed by atoms with van der Waals surface area (Å²) in [5.74, 6) is 0. The molecule has 1 heterocycles. The average Bonchev–Trinajstić information content (AvgIpc) is 2.24. The van der Waals surface area contributed by atoms with E-state index in [2.05, 4.69) is 10.3 Å². The number of rotatable bonds is 4. The summed E-state index contributed by atoms with van der Waals surface area (Å²) in [6.07, 6.45) is 2.82. The maximum Gasteiger partial charge on any atom is 0.278 e. The van der Waals surface area contributed by atoms with Crippen LogP contribution in [0.15, 0.2) is 6.20 Å². The first-order valence-corrected chi connectivity index (χ1v) is 6.00. The van der Waals surface area contributed by atoms with Gasteiger partial charge in [0, 0.05) is 29.9 Å². The largest absolute Gasteiger partial charge is 0.393 e. The van der Waals surface area contributed by atoms with E-state index in [9.17, 15) is 15.2 Å². The fourth-order valence-corrected chi connectivity index (χ4v) is 2.22. The summed E-state index contributed by atoms with van der Waals surface area (Å²) in [6, 6.07) is 0.293. The van der Waals surface area contributed by atoms with Crippen molar-refractivity contribution in [3.05, 3.63) is 33.1 Å². The van der Waals surface area contributed by atoms with E-state index in [0.29, 0.717) is 29.4 Å². The molecule has 0 spiro atoms. The lowest BCUT2D eigenvalue weighted by Crippen LogP contribution is -2.43. The number of pyridine rings is 1. The molecule has 0 saturated heterocycles. The van der Waals surface area contributed by atoms with E-state index in [1.807, 2.05) is 0 Å². The van der Waals surface area contributed by atoms with Crippen LogP contribution in [0, 0.1) is 24.0 Å². The van der Waals surface area contributed by atoms with Crippen LogP contribution in [0.1, 0.15) is 29.7 Å². The van der Waals surface area contributed by atoms with Gasteiger partial charge in [-0.3, -0.25) is 15.1 Å². The Morgan fingerprint density at radius 1 is 1.56 bits per heavy atom. The molecule has 18 heavy (non-hydrogen) atoms. The predicted octanol–water partition coefficient (Wildman–Crippen LogP) is 1.22. The zero-order valence-corrected chi connectivity index (χ0v) is 10.5.